The van der Waals surface area contributed by atoms with Gasteiger partial charge in [0, 0.05) is 16.0 Å². The van der Waals surface area contributed by atoms with Crippen molar-refractivity contribution in [3.63, 3.8) is 0 Å². The first kappa shape index (κ1) is 11.6. The van der Waals surface area contributed by atoms with Gasteiger partial charge in [0.25, 0.3) is 0 Å². The highest BCUT2D eigenvalue weighted by Crippen LogP contribution is 2.53. The van der Waals surface area contributed by atoms with Crippen LogP contribution in [0.2, 0.25) is 0 Å². The third kappa shape index (κ3) is 2.01. The van der Waals surface area contributed by atoms with Crippen LogP contribution < -0.4 is 4.74 Å². The first-order valence-corrected chi connectivity index (χ1v) is 6.13. The molecule has 1 aliphatic carbocycles. The Morgan fingerprint density at radius 2 is 2.12 bits per heavy atom. The monoisotopic (exact) mass is 282 g/mol. The molecule has 86 valence electrons. The highest BCUT2D eigenvalue weighted by atomic mass is 79.9. The predicted molar refractivity (Wildman–Crippen MR) is 66.9 cm³/mol. The van der Waals surface area contributed by atoms with E-state index in [1.165, 1.54) is 0 Å². The van der Waals surface area contributed by atoms with Gasteiger partial charge >= 0.3 is 0 Å². The van der Waals surface area contributed by atoms with Crippen LogP contribution in [0.1, 0.15) is 30.6 Å². The van der Waals surface area contributed by atoms with E-state index in [0.29, 0.717) is 0 Å². The molecule has 1 atom stereocenters. The van der Waals surface area contributed by atoms with Crippen molar-refractivity contribution >= 4 is 21.7 Å². The van der Waals surface area contributed by atoms with E-state index in [1.54, 1.807) is 7.11 Å². The van der Waals surface area contributed by atoms with Crippen LogP contribution in [-0.2, 0) is 0 Å². The molecule has 0 amide bonds. The molecular formula is C13H15BrO2. The molecule has 1 unspecified atom stereocenters. The molecule has 0 heterocycles. The van der Waals surface area contributed by atoms with Gasteiger partial charge in [0.05, 0.1) is 7.11 Å². The fraction of sp³-hybridized carbons (Fsp3) is 0.462. The summed E-state index contributed by atoms with van der Waals surface area (Å²) in [7, 11) is 1.62. The zero-order valence-electron chi connectivity index (χ0n) is 9.71. The van der Waals surface area contributed by atoms with Crippen molar-refractivity contribution in [3.8, 4) is 5.75 Å². The maximum Gasteiger partial charge on any atom is 0.167 e. The van der Waals surface area contributed by atoms with E-state index in [0.717, 1.165) is 22.2 Å². The van der Waals surface area contributed by atoms with Gasteiger partial charge in [-0.05, 0) is 46.0 Å². The summed E-state index contributed by atoms with van der Waals surface area (Å²) in [6, 6.07) is 5.50. The third-order valence-electron chi connectivity index (χ3n) is 3.27. The maximum atomic E-state index is 12.2. The van der Waals surface area contributed by atoms with Crippen LogP contribution in [0.3, 0.4) is 0 Å². The van der Waals surface area contributed by atoms with Crippen molar-refractivity contribution in [1.82, 2.24) is 0 Å². The number of Topliss-reactive ketones (excluding diaryl/α,β-unsaturated/α-hetero) is 1. The number of rotatable bonds is 3. The topological polar surface area (TPSA) is 26.3 Å². The minimum atomic E-state index is 0.177. The Morgan fingerprint density at radius 1 is 1.50 bits per heavy atom. The summed E-state index contributed by atoms with van der Waals surface area (Å²) < 4.78 is 5.92. The lowest BCUT2D eigenvalue weighted by atomic mass is 10.0. The van der Waals surface area contributed by atoms with Gasteiger partial charge in [-0.2, -0.15) is 0 Å². The molecule has 16 heavy (non-hydrogen) atoms. The molecule has 0 saturated heterocycles. The summed E-state index contributed by atoms with van der Waals surface area (Å²) >= 11 is 3.42. The van der Waals surface area contributed by atoms with E-state index in [2.05, 4.69) is 29.8 Å². The van der Waals surface area contributed by atoms with E-state index in [1.807, 2.05) is 18.2 Å². The van der Waals surface area contributed by atoms with Crippen LogP contribution in [0.4, 0.5) is 0 Å². The number of hydrogen-bond donors (Lipinski definition) is 0. The Kier molecular flexibility index (Phi) is 2.82. The van der Waals surface area contributed by atoms with Gasteiger partial charge in [0.15, 0.2) is 5.78 Å². The molecule has 1 aromatic carbocycles. The van der Waals surface area contributed by atoms with Crippen LogP contribution in [0.5, 0.6) is 5.75 Å². The van der Waals surface area contributed by atoms with Gasteiger partial charge in [0.1, 0.15) is 5.75 Å². The number of benzene rings is 1. The third-order valence-corrected chi connectivity index (χ3v) is 3.93. The normalized spacial score (nSPS) is 21.6. The number of halogens is 1. The van der Waals surface area contributed by atoms with E-state index in [4.69, 9.17) is 4.74 Å². The van der Waals surface area contributed by atoms with E-state index < -0.39 is 0 Å². The summed E-state index contributed by atoms with van der Waals surface area (Å²) in [6.07, 6.45) is 0.990. The molecule has 0 bridgehead atoms. The average molecular weight is 283 g/mol. The minimum Gasteiger partial charge on any atom is -0.497 e. The minimum absolute atomic E-state index is 0.177. The highest BCUT2D eigenvalue weighted by molar-refractivity contribution is 9.10. The van der Waals surface area contributed by atoms with Crippen LogP contribution in [-0.4, -0.2) is 12.9 Å². The van der Waals surface area contributed by atoms with Gasteiger partial charge < -0.3 is 4.74 Å². The standard InChI is InChI=1S/C13H15BrO2/c1-13(2)7-10(13)12(15)9-5-4-8(16-3)6-11(9)14/h4-6,10H,7H2,1-3H3. The first-order valence-electron chi connectivity index (χ1n) is 5.33. The van der Waals surface area contributed by atoms with Crippen LogP contribution >= 0.6 is 15.9 Å². The molecule has 0 aromatic heterocycles. The lowest BCUT2D eigenvalue weighted by Gasteiger charge is -2.07. The summed E-state index contributed by atoms with van der Waals surface area (Å²) in [5.74, 6) is 1.18. The fourth-order valence-electron chi connectivity index (χ4n) is 1.93. The molecule has 1 saturated carbocycles. The Hall–Kier alpha value is -0.830. The molecule has 0 aliphatic heterocycles. The second kappa shape index (κ2) is 3.88. The lowest BCUT2D eigenvalue weighted by Crippen LogP contribution is -2.07. The molecule has 3 heteroatoms. The highest BCUT2D eigenvalue weighted by Gasteiger charge is 2.50. The van der Waals surface area contributed by atoms with Crippen LogP contribution in [0.25, 0.3) is 0 Å². The van der Waals surface area contributed by atoms with Gasteiger partial charge in [-0.3, -0.25) is 4.79 Å². The molecule has 0 N–H and O–H groups in total. The molecule has 2 nitrogen and oxygen atoms in total. The number of carbonyl (C=O) groups excluding carboxylic acids is 1. The van der Waals surface area contributed by atoms with Crippen molar-refractivity contribution in [3.05, 3.63) is 28.2 Å². The van der Waals surface area contributed by atoms with Crippen LogP contribution in [0.15, 0.2) is 22.7 Å². The quantitative estimate of drug-likeness (QED) is 0.791. The number of methoxy groups -OCH3 is 1. The Morgan fingerprint density at radius 3 is 2.56 bits per heavy atom. The van der Waals surface area contributed by atoms with Gasteiger partial charge in [-0.25, -0.2) is 0 Å². The summed E-state index contributed by atoms with van der Waals surface area (Å²) in [6.45, 7) is 4.26. The predicted octanol–water partition coefficient (Wildman–Crippen LogP) is 3.69. The van der Waals surface area contributed by atoms with Crippen LogP contribution in [0, 0.1) is 11.3 Å². The van der Waals surface area contributed by atoms with Gasteiger partial charge in [-0.15, -0.1) is 0 Å². The molecule has 0 spiro atoms. The van der Waals surface area contributed by atoms with Gasteiger partial charge in [0.2, 0.25) is 0 Å². The number of carbonyl (C=O) groups is 1. The van der Waals surface area contributed by atoms with Crippen molar-refractivity contribution in [2.75, 3.05) is 7.11 Å². The van der Waals surface area contributed by atoms with Crippen molar-refractivity contribution in [2.45, 2.75) is 20.3 Å². The van der Waals surface area contributed by atoms with Gasteiger partial charge in [-0.1, -0.05) is 13.8 Å². The van der Waals surface area contributed by atoms with E-state index >= 15 is 0 Å². The van der Waals surface area contributed by atoms with E-state index in [9.17, 15) is 4.79 Å². The molecule has 1 fully saturated rings. The first-order chi connectivity index (χ1) is 7.45. The maximum absolute atomic E-state index is 12.2. The summed E-state index contributed by atoms with van der Waals surface area (Å²) in [5, 5.41) is 0. The Balaban J connectivity index is 2.25. The van der Waals surface area contributed by atoms with Crippen molar-refractivity contribution in [1.29, 1.82) is 0 Å². The smallest absolute Gasteiger partial charge is 0.167 e. The number of ether oxygens (including phenoxy) is 1. The van der Waals surface area contributed by atoms with Crippen molar-refractivity contribution < 1.29 is 9.53 Å². The zero-order chi connectivity index (χ0) is 11.9. The zero-order valence-corrected chi connectivity index (χ0v) is 11.3. The second-order valence-electron chi connectivity index (χ2n) is 4.96. The Labute approximate surface area is 104 Å². The average Bonchev–Trinajstić information content (AvgIpc) is 2.86. The van der Waals surface area contributed by atoms with Crippen molar-refractivity contribution in [2.24, 2.45) is 11.3 Å². The molecule has 0 radical (unpaired) electrons. The molecular weight excluding hydrogens is 268 g/mol. The number of ketones is 1. The second-order valence-corrected chi connectivity index (χ2v) is 5.81. The summed E-state index contributed by atoms with van der Waals surface area (Å²) in [5.41, 5.74) is 0.938. The number of hydrogen-bond acceptors (Lipinski definition) is 2. The molecule has 1 aliphatic rings. The lowest BCUT2D eigenvalue weighted by molar-refractivity contribution is 0.0952. The Bertz CT molecular complexity index is 438. The molecule has 2 rings (SSSR count). The largest absolute Gasteiger partial charge is 0.497 e. The SMILES string of the molecule is COc1ccc(C(=O)C2CC2(C)C)c(Br)c1. The van der Waals surface area contributed by atoms with E-state index in [-0.39, 0.29) is 17.1 Å². The summed E-state index contributed by atoms with van der Waals surface area (Å²) in [4.78, 5) is 12.2. The molecule has 1 aromatic rings. The fourth-order valence-corrected chi connectivity index (χ4v) is 2.48.